The summed E-state index contributed by atoms with van der Waals surface area (Å²) in [4.78, 5) is 36.7. The molecule has 3 saturated carbocycles. The topological polar surface area (TPSA) is 89.9 Å². The maximum atomic E-state index is 13.2. The minimum absolute atomic E-state index is 0.0732. The van der Waals surface area contributed by atoms with Crippen LogP contribution in [0.3, 0.4) is 0 Å². The summed E-state index contributed by atoms with van der Waals surface area (Å²) in [6, 6.07) is 0. The van der Waals surface area contributed by atoms with Crippen LogP contribution in [0.1, 0.15) is 65.7 Å². The van der Waals surface area contributed by atoms with E-state index >= 15 is 0 Å². The van der Waals surface area contributed by atoms with E-state index in [0.29, 0.717) is 25.2 Å². The lowest BCUT2D eigenvalue weighted by molar-refractivity contribution is -0.182. The van der Waals surface area contributed by atoms with Crippen molar-refractivity contribution in [1.29, 1.82) is 0 Å². The van der Waals surface area contributed by atoms with Crippen LogP contribution in [0, 0.1) is 28.6 Å². The fraction of sp³-hybridized carbons (Fsp3) is 0.808. The van der Waals surface area contributed by atoms with Crippen molar-refractivity contribution >= 4 is 25.9 Å². The second-order valence-electron chi connectivity index (χ2n) is 12.4. The maximum Gasteiger partial charge on any atom is 0.303 e. The van der Waals surface area contributed by atoms with Crippen LogP contribution in [0.5, 0.6) is 0 Å². The lowest BCUT2D eigenvalue weighted by Gasteiger charge is -2.62. The van der Waals surface area contributed by atoms with Crippen molar-refractivity contribution in [3.8, 4) is 0 Å². The molecule has 0 aliphatic heterocycles. The van der Waals surface area contributed by atoms with Crippen LogP contribution in [0.15, 0.2) is 11.6 Å². The third kappa shape index (κ3) is 3.98. The van der Waals surface area contributed by atoms with Gasteiger partial charge in [0.25, 0.3) is 0 Å². The van der Waals surface area contributed by atoms with E-state index in [9.17, 15) is 19.5 Å². The summed E-state index contributed by atoms with van der Waals surface area (Å²) in [5, 5.41) is 11.8. The van der Waals surface area contributed by atoms with Crippen molar-refractivity contribution in [2.24, 2.45) is 28.6 Å². The van der Waals surface area contributed by atoms with Gasteiger partial charge in [-0.2, -0.15) is 0 Å². The smallest absolute Gasteiger partial charge is 0.303 e. The van der Waals surface area contributed by atoms with Gasteiger partial charge in [0.05, 0.1) is 0 Å². The molecule has 4 rings (SSSR count). The standard InChI is InChI=1S/C26H40O6Si/c1-16(27)31-15-22(29)26(30)12-10-20-19-8-7-17-13-18(28)9-11-24(17,2)23(19)21(14-25(20,26)3)32-33(4,5)6/h13,19-21,23,30H,7-12,14-15H2,1-6H3/t19-,20-,21-,23+,24-,25-,26-/m0/s1. The number of carbonyl (C=O) groups is 3. The molecule has 4 aliphatic rings. The Bertz CT molecular complexity index is 890. The molecule has 0 amide bonds. The Labute approximate surface area is 198 Å². The van der Waals surface area contributed by atoms with Gasteiger partial charge in [-0.15, -0.1) is 0 Å². The summed E-state index contributed by atoms with van der Waals surface area (Å²) in [5.74, 6) is 0.138. The lowest BCUT2D eigenvalue weighted by atomic mass is 9.45. The first-order valence-corrected chi connectivity index (χ1v) is 15.9. The molecule has 184 valence electrons. The Morgan fingerprint density at radius 1 is 1.15 bits per heavy atom. The molecule has 0 aromatic carbocycles. The Balaban J connectivity index is 1.74. The number of esters is 1. The fourth-order valence-electron chi connectivity index (χ4n) is 7.97. The molecule has 0 heterocycles. The predicted octanol–water partition coefficient (Wildman–Crippen LogP) is 4.21. The molecular weight excluding hydrogens is 436 g/mol. The number of carbonyl (C=O) groups excluding carboxylic acids is 3. The van der Waals surface area contributed by atoms with E-state index in [1.165, 1.54) is 12.5 Å². The molecule has 0 aromatic rings. The summed E-state index contributed by atoms with van der Waals surface area (Å²) in [6.45, 7) is 11.8. The molecule has 0 bridgehead atoms. The zero-order chi connectivity index (χ0) is 24.4. The number of hydrogen-bond donors (Lipinski definition) is 1. The van der Waals surface area contributed by atoms with Gasteiger partial charge >= 0.3 is 5.97 Å². The summed E-state index contributed by atoms with van der Waals surface area (Å²) in [6.07, 6.45) is 6.90. The minimum atomic E-state index is -1.93. The molecule has 0 unspecified atom stereocenters. The molecule has 0 saturated heterocycles. The highest BCUT2D eigenvalue weighted by Gasteiger charge is 2.68. The Morgan fingerprint density at radius 2 is 1.85 bits per heavy atom. The second kappa shape index (κ2) is 8.13. The van der Waals surface area contributed by atoms with Crippen LogP contribution in [-0.4, -0.2) is 49.3 Å². The van der Waals surface area contributed by atoms with Gasteiger partial charge in [0.2, 0.25) is 5.78 Å². The number of hydrogen-bond acceptors (Lipinski definition) is 6. The second-order valence-corrected chi connectivity index (χ2v) is 16.8. The molecule has 7 atom stereocenters. The van der Waals surface area contributed by atoms with Gasteiger partial charge < -0.3 is 14.3 Å². The number of ether oxygens (including phenoxy) is 1. The van der Waals surface area contributed by atoms with Gasteiger partial charge in [-0.25, -0.2) is 0 Å². The molecule has 33 heavy (non-hydrogen) atoms. The number of allylic oxidation sites excluding steroid dienone is 1. The molecular formula is C26H40O6Si. The van der Waals surface area contributed by atoms with E-state index in [1.54, 1.807) is 0 Å². The first-order valence-electron chi connectivity index (χ1n) is 12.5. The molecule has 3 fully saturated rings. The number of aliphatic hydroxyl groups is 1. The third-order valence-corrected chi connectivity index (χ3v) is 10.4. The van der Waals surface area contributed by atoms with Gasteiger partial charge in [-0.1, -0.05) is 19.4 Å². The first kappa shape index (κ1) is 24.8. The van der Waals surface area contributed by atoms with Gasteiger partial charge in [-0.05, 0) is 87.4 Å². The molecule has 0 aromatic heterocycles. The van der Waals surface area contributed by atoms with E-state index in [2.05, 4.69) is 33.5 Å². The highest BCUT2D eigenvalue weighted by atomic mass is 28.4. The molecule has 7 heteroatoms. The zero-order valence-electron chi connectivity index (χ0n) is 21.0. The van der Waals surface area contributed by atoms with Crippen molar-refractivity contribution in [1.82, 2.24) is 0 Å². The zero-order valence-corrected chi connectivity index (χ0v) is 22.0. The number of Topliss-reactive ketones (excluding diaryl/α,β-unsaturated/α-hetero) is 1. The average Bonchev–Trinajstić information content (AvgIpc) is 2.97. The minimum Gasteiger partial charge on any atom is -0.458 e. The highest BCUT2D eigenvalue weighted by molar-refractivity contribution is 6.69. The molecule has 4 aliphatic carbocycles. The van der Waals surface area contributed by atoms with Crippen LogP contribution in [-0.2, 0) is 23.5 Å². The van der Waals surface area contributed by atoms with Gasteiger partial charge in [0, 0.05) is 24.9 Å². The summed E-state index contributed by atoms with van der Waals surface area (Å²) < 4.78 is 11.9. The lowest BCUT2D eigenvalue weighted by Crippen LogP contribution is -2.63. The van der Waals surface area contributed by atoms with E-state index < -0.39 is 31.1 Å². The number of rotatable bonds is 5. The quantitative estimate of drug-likeness (QED) is 0.472. The maximum absolute atomic E-state index is 13.2. The van der Waals surface area contributed by atoms with Crippen LogP contribution in [0.2, 0.25) is 19.6 Å². The van der Waals surface area contributed by atoms with E-state index in [4.69, 9.17) is 9.16 Å². The van der Waals surface area contributed by atoms with Crippen molar-refractivity contribution in [2.75, 3.05) is 6.61 Å². The third-order valence-electron chi connectivity index (χ3n) is 9.40. The van der Waals surface area contributed by atoms with Crippen LogP contribution >= 0.6 is 0 Å². The summed E-state index contributed by atoms with van der Waals surface area (Å²) in [7, 11) is -1.93. The van der Waals surface area contributed by atoms with Crippen molar-refractivity contribution in [3.05, 3.63) is 11.6 Å². The van der Waals surface area contributed by atoms with E-state index in [0.717, 1.165) is 25.7 Å². The SMILES string of the molecule is CC(=O)OCC(=O)[C@@]1(O)CC[C@H]2[C@@H]3CCC4=CC(=O)CC[C@]4(C)[C@H]3[C@@H](O[Si](C)(C)C)C[C@@]21C. The molecule has 6 nitrogen and oxygen atoms in total. The Morgan fingerprint density at radius 3 is 2.48 bits per heavy atom. The molecule has 1 N–H and O–H groups in total. The van der Waals surface area contributed by atoms with Crippen molar-refractivity contribution in [2.45, 2.75) is 97.1 Å². The Kier molecular flexibility index (Phi) is 6.11. The average molecular weight is 477 g/mol. The van der Waals surface area contributed by atoms with E-state index in [-0.39, 0.29) is 35.7 Å². The summed E-state index contributed by atoms with van der Waals surface area (Å²) in [5.41, 5.74) is -0.950. The number of ketones is 2. The summed E-state index contributed by atoms with van der Waals surface area (Å²) >= 11 is 0. The van der Waals surface area contributed by atoms with Crippen LogP contribution in [0.25, 0.3) is 0 Å². The van der Waals surface area contributed by atoms with Gasteiger partial charge in [-0.3, -0.25) is 14.4 Å². The fourth-order valence-corrected chi connectivity index (χ4v) is 9.10. The van der Waals surface area contributed by atoms with Gasteiger partial charge in [0.1, 0.15) is 5.60 Å². The molecule has 0 spiro atoms. The van der Waals surface area contributed by atoms with Crippen LogP contribution in [0.4, 0.5) is 0 Å². The highest BCUT2D eigenvalue weighted by Crippen LogP contribution is 2.68. The van der Waals surface area contributed by atoms with E-state index in [1.807, 2.05) is 6.08 Å². The van der Waals surface area contributed by atoms with Crippen molar-refractivity contribution < 1.29 is 28.7 Å². The van der Waals surface area contributed by atoms with Crippen LogP contribution < -0.4 is 0 Å². The monoisotopic (exact) mass is 476 g/mol. The van der Waals surface area contributed by atoms with Crippen molar-refractivity contribution in [3.63, 3.8) is 0 Å². The normalized spacial score (nSPS) is 42.6. The molecule has 0 radical (unpaired) electrons. The predicted molar refractivity (Wildman–Crippen MR) is 127 cm³/mol. The largest absolute Gasteiger partial charge is 0.458 e. The number of fused-ring (bicyclic) bond motifs is 5. The van der Waals surface area contributed by atoms with Gasteiger partial charge in [0.15, 0.2) is 20.7 Å². The first-order chi connectivity index (χ1) is 15.2. The Hall–Kier alpha value is -1.31.